The molecule has 1 aromatic heterocycles. The summed E-state index contributed by atoms with van der Waals surface area (Å²) in [4.78, 5) is 5.11. The molecule has 0 radical (unpaired) electrons. The van der Waals surface area contributed by atoms with E-state index in [-0.39, 0.29) is 39.2 Å². The van der Waals surface area contributed by atoms with Crippen LogP contribution in [0.15, 0.2) is 89.3 Å². The van der Waals surface area contributed by atoms with Crippen molar-refractivity contribution in [1.29, 1.82) is 0 Å². The van der Waals surface area contributed by atoms with E-state index in [1.54, 1.807) is 5.56 Å². The molecule has 0 saturated heterocycles. The maximum Gasteiger partial charge on any atom is 0.257 e. The fourth-order valence-corrected chi connectivity index (χ4v) is 12.4. The van der Waals surface area contributed by atoms with Crippen molar-refractivity contribution in [3.63, 3.8) is 0 Å². The largest absolute Gasteiger partial charge is 0.440 e. The van der Waals surface area contributed by atoms with Crippen LogP contribution < -0.4 is 26.2 Å². The average molecular weight is 805 g/mol. The lowest BCUT2D eigenvalue weighted by atomic mass is 9.33. The van der Waals surface area contributed by atoms with E-state index in [1.807, 2.05) is 0 Å². The van der Waals surface area contributed by atoms with Gasteiger partial charge >= 0.3 is 0 Å². The van der Waals surface area contributed by atoms with Crippen LogP contribution in [0.25, 0.3) is 11.0 Å². The monoisotopic (exact) mass is 805 g/mol. The normalized spacial score (nSPS) is 23.1. The van der Waals surface area contributed by atoms with Crippen LogP contribution in [0.3, 0.4) is 0 Å². The molecule has 0 unspecified atom stereocenters. The van der Waals surface area contributed by atoms with Gasteiger partial charge in [0.2, 0.25) is 5.88 Å². The number of fused-ring (bicyclic) bond motifs is 9. The Balaban J connectivity index is 1.26. The first-order valence-corrected chi connectivity index (χ1v) is 23.3. The highest BCUT2D eigenvalue weighted by molar-refractivity contribution is 7.01. The first-order valence-electron chi connectivity index (χ1n) is 23.3. The molecule has 0 amide bonds. The lowest BCUT2D eigenvalue weighted by Crippen LogP contribution is -2.61. The Hall–Kier alpha value is -4.70. The Morgan fingerprint density at radius 1 is 0.508 bits per heavy atom. The summed E-state index contributed by atoms with van der Waals surface area (Å²) in [6, 6.07) is 34.1. The molecular weight excluding hydrogens is 739 g/mol. The number of furan rings is 1. The summed E-state index contributed by atoms with van der Waals surface area (Å²) in [6.07, 6.45) is 7.37. The Bertz CT molecular complexity index is 2810. The molecule has 6 aromatic rings. The summed E-state index contributed by atoms with van der Waals surface area (Å²) in [5.41, 5.74) is 21.9. The van der Waals surface area contributed by atoms with E-state index >= 15 is 0 Å². The predicted molar refractivity (Wildman–Crippen MR) is 261 cm³/mol. The van der Waals surface area contributed by atoms with Crippen molar-refractivity contribution in [1.82, 2.24) is 0 Å². The van der Waals surface area contributed by atoms with Gasteiger partial charge in [-0.1, -0.05) is 113 Å². The van der Waals surface area contributed by atoms with E-state index < -0.39 is 0 Å². The summed E-state index contributed by atoms with van der Waals surface area (Å²) in [7, 11) is 0. The molecule has 2 aliphatic heterocycles. The van der Waals surface area contributed by atoms with E-state index in [4.69, 9.17) is 4.42 Å². The van der Waals surface area contributed by atoms with Crippen molar-refractivity contribution in [3.8, 4) is 0 Å². The molecule has 3 heterocycles. The van der Waals surface area contributed by atoms with Crippen molar-refractivity contribution in [2.24, 2.45) is 0 Å². The summed E-state index contributed by atoms with van der Waals surface area (Å²) in [5, 5.41) is 1.29. The summed E-state index contributed by atoms with van der Waals surface area (Å²) in [5.74, 6) is 0.976. The summed E-state index contributed by atoms with van der Waals surface area (Å²) in [6.45, 7) is 31.1. The molecule has 12 rings (SSSR count). The van der Waals surface area contributed by atoms with Crippen LogP contribution in [0.5, 0.6) is 0 Å². The maximum atomic E-state index is 7.47. The predicted octanol–water partition coefficient (Wildman–Crippen LogP) is 13.9. The third-order valence-electron chi connectivity index (χ3n) is 16.7. The SMILES string of the molecule is Cc1cc2c3c(c1)N(c1ccc(C(C)(C)C)cc1)c1oc4cc5c(cc4c1B3c1cc3c(cc1N2c1ccc(C(C)(C)C)cc1)C(C)(C)CCC3(C)C)C1(C)CCC5(C)CC1. The number of nitrogens with zero attached hydrogens (tertiary/aromatic N) is 2. The molecule has 0 spiro atoms. The fourth-order valence-electron chi connectivity index (χ4n) is 12.4. The number of hydrogen-bond donors (Lipinski definition) is 0. The van der Waals surface area contributed by atoms with Gasteiger partial charge in [-0.3, -0.25) is 4.90 Å². The average Bonchev–Trinajstić information content (AvgIpc) is 3.57. The summed E-state index contributed by atoms with van der Waals surface area (Å²) >= 11 is 0. The van der Waals surface area contributed by atoms with Crippen LogP contribution in [-0.4, -0.2) is 6.71 Å². The second-order valence-corrected chi connectivity index (χ2v) is 24.0. The van der Waals surface area contributed by atoms with Crippen molar-refractivity contribution in [3.05, 3.63) is 124 Å². The molecule has 1 saturated carbocycles. The topological polar surface area (TPSA) is 19.6 Å². The molecule has 4 heteroatoms. The molecule has 1 fully saturated rings. The van der Waals surface area contributed by atoms with Crippen molar-refractivity contribution < 1.29 is 4.42 Å². The van der Waals surface area contributed by atoms with Gasteiger partial charge in [0.25, 0.3) is 6.71 Å². The molecule has 312 valence electrons. The van der Waals surface area contributed by atoms with Gasteiger partial charge < -0.3 is 9.32 Å². The third-order valence-corrected chi connectivity index (χ3v) is 16.7. The molecule has 0 N–H and O–H groups in total. The summed E-state index contributed by atoms with van der Waals surface area (Å²) < 4.78 is 7.47. The first kappa shape index (κ1) is 39.2. The van der Waals surface area contributed by atoms with Crippen molar-refractivity contribution >= 4 is 68.4 Å². The molecule has 3 nitrogen and oxygen atoms in total. The highest BCUT2D eigenvalue weighted by Crippen LogP contribution is 2.58. The van der Waals surface area contributed by atoms with Crippen LogP contribution in [-0.2, 0) is 32.5 Å². The van der Waals surface area contributed by atoms with E-state index in [1.165, 1.54) is 116 Å². The van der Waals surface area contributed by atoms with Gasteiger partial charge in [-0.15, -0.1) is 0 Å². The number of aryl methyl sites for hydroxylation is 1. The lowest BCUT2D eigenvalue weighted by Gasteiger charge is -2.52. The zero-order chi connectivity index (χ0) is 43.0. The highest BCUT2D eigenvalue weighted by Gasteiger charge is 2.51. The Morgan fingerprint density at radius 3 is 1.51 bits per heavy atom. The molecule has 5 aromatic carbocycles. The van der Waals surface area contributed by atoms with Gasteiger partial charge in [0, 0.05) is 39.3 Å². The first-order chi connectivity index (χ1) is 28.6. The van der Waals surface area contributed by atoms with Crippen LogP contribution in [0.1, 0.15) is 161 Å². The highest BCUT2D eigenvalue weighted by atomic mass is 16.4. The molecule has 4 aliphatic carbocycles. The van der Waals surface area contributed by atoms with Crippen molar-refractivity contribution in [2.45, 2.75) is 161 Å². The van der Waals surface area contributed by atoms with E-state index in [0.29, 0.717) is 0 Å². The minimum atomic E-state index is 0.000376. The minimum Gasteiger partial charge on any atom is -0.440 e. The molecule has 61 heavy (non-hydrogen) atoms. The molecule has 0 atom stereocenters. The smallest absolute Gasteiger partial charge is 0.257 e. The molecule has 6 aliphatic rings. The Morgan fingerprint density at radius 2 is 0.984 bits per heavy atom. The van der Waals surface area contributed by atoms with Crippen LogP contribution in [0.2, 0.25) is 0 Å². The van der Waals surface area contributed by atoms with Gasteiger partial charge in [0.15, 0.2) is 0 Å². The maximum absolute atomic E-state index is 7.47. The van der Waals surface area contributed by atoms with Crippen LogP contribution in [0, 0.1) is 6.92 Å². The molecular formula is C57H65BN2O. The zero-order valence-electron chi connectivity index (χ0n) is 39.2. The number of benzene rings is 5. The number of hydrogen-bond acceptors (Lipinski definition) is 3. The van der Waals surface area contributed by atoms with Gasteiger partial charge in [-0.05, 0) is 182 Å². The van der Waals surface area contributed by atoms with Gasteiger partial charge in [-0.25, -0.2) is 0 Å². The van der Waals surface area contributed by atoms with Gasteiger partial charge in [0.1, 0.15) is 5.58 Å². The quantitative estimate of drug-likeness (QED) is 0.162. The Kier molecular flexibility index (Phi) is 7.88. The standard InChI is InChI=1S/C57H65BN2O/c1-34-28-46-50-47(29-34)60(38-20-16-36(17-21-38)53(5,6)7)51-49(39-30-42-43(33-48(39)61-51)57(13)26-24-56(42,12)25-27-57)58(50)44-31-40-41(55(10,11)23-22-54(40,8)9)32-45(44)59(46)37-18-14-35(15-19-37)52(2,3)4/h14-21,28-33H,22-27H2,1-13H3. The van der Waals surface area contributed by atoms with E-state index in [0.717, 1.165) is 17.2 Å². The number of rotatable bonds is 2. The molecule has 2 bridgehead atoms. The minimum absolute atomic E-state index is 0.000376. The van der Waals surface area contributed by atoms with Crippen molar-refractivity contribution in [2.75, 3.05) is 9.80 Å². The third kappa shape index (κ3) is 5.55. The Labute approximate surface area is 366 Å². The zero-order valence-corrected chi connectivity index (χ0v) is 39.2. The van der Waals surface area contributed by atoms with Crippen LogP contribution in [0.4, 0.5) is 34.3 Å². The van der Waals surface area contributed by atoms with Crippen LogP contribution >= 0.6 is 0 Å². The van der Waals surface area contributed by atoms with Gasteiger partial charge in [0.05, 0.1) is 0 Å². The fraction of sp³-hybridized carbons (Fsp3) is 0.439. The van der Waals surface area contributed by atoms with E-state index in [2.05, 4.69) is 185 Å². The number of anilines is 6. The second-order valence-electron chi connectivity index (χ2n) is 24.0. The van der Waals surface area contributed by atoms with Gasteiger partial charge in [-0.2, -0.15) is 0 Å². The lowest BCUT2D eigenvalue weighted by molar-refractivity contribution is 0.188. The van der Waals surface area contributed by atoms with E-state index in [9.17, 15) is 0 Å². The second kappa shape index (κ2) is 12.3.